The number of amides is 1. The van der Waals surface area contributed by atoms with E-state index in [2.05, 4.69) is 5.32 Å². The summed E-state index contributed by atoms with van der Waals surface area (Å²) in [7, 11) is -2.17. The lowest BCUT2D eigenvalue weighted by atomic mass is 10.1. The lowest BCUT2D eigenvalue weighted by molar-refractivity contribution is -0.118. The average Bonchev–Trinajstić information content (AvgIpc) is 3.03. The number of carbonyl (C=O) groups excluding carboxylic acids is 1. The number of methoxy groups -OCH3 is 1. The number of benzene rings is 2. The van der Waals surface area contributed by atoms with Crippen molar-refractivity contribution in [2.24, 2.45) is 0 Å². The molecule has 2 aromatic carbocycles. The smallest absolute Gasteiger partial charge is 0.262 e. The lowest BCUT2D eigenvalue weighted by Gasteiger charge is -2.21. The van der Waals surface area contributed by atoms with Crippen LogP contribution in [0.2, 0.25) is 0 Å². The number of carbonyl (C=O) groups is 1. The Morgan fingerprint density at radius 1 is 1.00 bits per heavy atom. The van der Waals surface area contributed by atoms with E-state index >= 15 is 0 Å². The molecule has 0 atom stereocenters. The van der Waals surface area contributed by atoms with Crippen LogP contribution in [0.4, 0.5) is 5.69 Å². The number of sulfonamides is 1. The van der Waals surface area contributed by atoms with Gasteiger partial charge in [0.05, 0.1) is 17.7 Å². The van der Waals surface area contributed by atoms with Gasteiger partial charge in [-0.25, -0.2) is 8.42 Å². The van der Waals surface area contributed by atoms with Gasteiger partial charge in [-0.2, -0.15) is 4.31 Å². The zero-order valence-electron chi connectivity index (χ0n) is 18.3. The van der Waals surface area contributed by atoms with Crippen molar-refractivity contribution in [3.05, 3.63) is 47.5 Å². The minimum Gasteiger partial charge on any atom is -0.495 e. The maximum Gasteiger partial charge on any atom is 0.262 e. The molecule has 1 N–H and O–H groups in total. The second-order valence-corrected chi connectivity index (χ2v) is 9.72. The molecule has 3 rings (SSSR count). The summed E-state index contributed by atoms with van der Waals surface area (Å²) in [5.74, 6) is 0.613. The van der Waals surface area contributed by atoms with E-state index in [0.29, 0.717) is 30.3 Å². The third-order valence-corrected chi connectivity index (χ3v) is 7.23. The number of anilines is 1. The molecular weight excluding hydrogens is 416 g/mol. The number of aryl methyl sites for hydroxylation is 2. The largest absolute Gasteiger partial charge is 0.495 e. The van der Waals surface area contributed by atoms with Crippen molar-refractivity contribution in [3.63, 3.8) is 0 Å². The van der Waals surface area contributed by atoms with Crippen molar-refractivity contribution in [3.8, 4) is 11.5 Å². The van der Waals surface area contributed by atoms with Crippen molar-refractivity contribution in [1.29, 1.82) is 0 Å². The second kappa shape index (κ2) is 10.2. The quantitative estimate of drug-likeness (QED) is 0.697. The zero-order chi connectivity index (χ0) is 22.4. The second-order valence-electron chi connectivity index (χ2n) is 7.79. The summed E-state index contributed by atoms with van der Waals surface area (Å²) in [4.78, 5) is 12.6. The summed E-state index contributed by atoms with van der Waals surface area (Å²) in [6.45, 7) is 4.73. The molecule has 7 nitrogen and oxygen atoms in total. The third kappa shape index (κ3) is 5.77. The van der Waals surface area contributed by atoms with E-state index in [1.165, 1.54) is 23.5 Å². The number of ether oxygens (including phenoxy) is 2. The van der Waals surface area contributed by atoms with Crippen molar-refractivity contribution in [2.75, 3.05) is 32.1 Å². The Balaban J connectivity index is 1.74. The molecule has 1 aliphatic heterocycles. The van der Waals surface area contributed by atoms with Gasteiger partial charge in [0.2, 0.25) is 10.0 Å². The highest BCUT2D eigenvalue weighted by atomic mass is 32.2. The molecule has 0 radical (unpaired) electrons. The Labute approximate surface area is 184 Å². The van der Waals surface area contributed by atoms with Crippen molar-refractivity contribution < 1.29 is 22.7 Å². The molecule has 0 unspecified atom stereocenters. The topological polar surface area (TPSA) is 84.9 Å². The molecule has 1 heterocycles. The molecule has 1 fully saturated rings. The highest BCUT2D eigenvalue weighted by Crippen LogP contribution is 2.30. The molecule has 0 aliphatic carbocycles. The molecule has 1 aliphatic rings. The normalized spacial score (nSPS) is 15.2. The van der Waals surface area contributed by atoms with Crippen molar-refractivity contribution >= 4 is 21.6 Å². The van der Waals surface area contributed by atoms with Crippen molar-refractivity contribution in [2.45, 2.75) is 44.4 Å². The molecule has 0 bridgehead atoms. The van der Waals surface area contributed by atoms with Crippen LogP contribution >= 0.6 is 0 Å². The number of hydrogen-bond donors (Lipinski definition) is 1. The fraction of sp³-hybridized carbons (Fsp3) is 0.435. The van der Waals surface area contributed by atoms with Crippen LogP contribution in [0.3, 0.4) is 0 Å². The maximum atomic E-state index is 13.1. The first-order valence-electron chi connectivity index (χ1n) is 10.5. The molecule has 1 saturated heterocycles. The fourth-order valence-corrected chi connectivity index (χ4v) is 5.21. The standard InChI is InChI=1S/C23H30N2O5S/c1-17-8-10-21(18(2)14-17)30-16-23(26)24-20-15-19(9-11-22(20)29-3)31(27,28)25-12-6-4-5-7-13-25/h8-11,14-15H,4-7,12-13,16H2,1-3H3,(H,24,26). The first-order valence-corrected chi connectivity index (χ1v) is 11.9. The van der Waals surface area contributed by atoms with Gasteiger partial charge in [-0.15, -0.1) is 0 Å². The molecule has 168 valence electrons. The number of hydrogen-bond acceptors (Lipinski definition) is 5. The molecule has 0 saturated carbocycles. The van der Waals surface area contributed by atoms with E-state index in [1.807, 2.05) is 32.0 Å². The van der Waals surface area contributed by atoms with Crippen LogP contribution in [-0.4, -0.2) is 45.4 Å². The lowest BCUT2D eigenvalue weighted by Crippen LogP contribution is -2.32. The Hall–Kier alpha value is -2.58. The van der Waals surface area contributed by atoms with Crippen LogP contribution in [0, 0.1) is 13.8 Å². The van der Waals surface area contributed by atoms with Crippen LogP contribution < -0.4 is 14.8 Å². The van der Waals surface area contributed by atoms with Gasteiger partial charge in [0.25, 0.3) is 5.91 Å². The Kier molecular flexibility index (Phi) is 7.56. The van der Waals surface area contributed by atoms with E-state index in [0.717, 1.165) is 36.8 Å². The predicted octanol–water partition coefficient (Wildman–Crippen LogP) is 3.89. The first kappa shape index (κ1) is 23.1. The van der Waals surface area contributed by atoms with Crippen LogP contribution in [0.15, 0.2) is 41.3 Å². The van der Waals surface area contributed by atoms with Gasteiger partial charge in [-0.3, -0.25) is 4.79 Å². The van der Waals surface area contributed by atoms with Gasteiger partial charge in [-0.1, -0.05) is 30.5 Å². The number of nitrogens with one attached hydrogen (secondary N) is 1. The first-order chi connectivity index (χ1) is 14.8. The summed E-state index contributed by atoms with van der Waals surface area (Å²) in [5, 5.41) is 2.72. The van der Waals surface area contributed by atoms with Gasteiger partial charge >= 0.3 is 0 Å². The molecule has 31 heavy (non-hydrogen) atoms. The fourth-order valence-electron chi connectivity index (χ4n) is 3.67. The molecule has 0 aromatic heterocycles. The van der Waals surface area contributed by atoms with E-state index in [1.54, 1.807) is 6.07 Å². The molecule has 2 aromatic rings. The summed E-state index contributed by atoms with van der Waals surface area (Å²) in [5.41, 5.74) is 2.35. The number of nitrogens with zero attached hydrogens (tertiary/aromatic N) is 1. The Bertz CT molecular complexity index is 1030. The molecule has 0 spiro atoms. The minimum absolute atomic E-state index is 0.140. The number of rotatable bonds is 7. The van der Waals surface area contributed by atoms with E-state index in [9.17, 15) is 13.2 Å². The molecule has 8 heteroatoms. The highest BCUT2D eigenvalue weighted by Gasteiger charge is 2.26. The highest BCUT2D eigenvalue weighted by molar-refractivity contribution is 7.89. The van der Waals surface area contributed by atoms with Gasteiger partial charge in [-0.05, 0) is 56.5 Å². The van der Waals surface area contributed by atoms with Crippen LogP contribution in [0.1, 0.15) is 36.8 Å². The van der Waals surface area contributed by atoms with Gasteiger partial charge in [0, 0.05) is 13.1 Å². The van der Waals surface area contributed by atoms with Gasteiger partial charge in [0.15, 0.2) is 6.61 Å². The summed E-state index contributed by atoms with van der Waals surface area (Å²) < 4.78 is 38.7. The summed E-state index contributed by atoms with van der Waals surface area (Å²) in [6, 6.07) is 10.3. The van der Waals surface area contributed by atoms with E-state index < -0.39 is 15.9 Å². The van der Waals surface area contributed by atoms with Crippen LogP contribution in [-0.2, 0) is 14.8 Å². The third-order valence-electron chi connectivity index (χ3n) is 5.34. The zero-order valence-corrected chi connectivity index (χ0v) is 19.1. The average molecular weight is 447 g/mol. The Morgan fingerprint density at radius 2 is 1.68 bits per heavy atom. The maximum absolute atomic E-state index is 13.1. The molecule has 1 amide bonds. The summed E-state index contributed by atoms with van der Waals surface area (Å²) in [6.07, 6.45) is 3.79. The van der Waals surface area contributed by atoms with Gasteiger partial charge < -0.3 is 14.8 Å². The van der Waals surface area contributed by atoms with Crippen LogP contribution in [0.5, 0.6) is 11.5 Å². The van der Waals surface area contributed by atoms with E-state index in [-0.39, 0.29) is 11.5 Å². The van der Waals surface area contributed by atoms with Crippen LogP contribution in [0.25, 0.3) is 0 Å². The summed E-state index contributed by atoms with van der Waals surface area (Å²) >= 11 is 0. The van der Waals surface area contributed by atoms with Crippen molar-refractivity contribution in [1.82, 2.24) is 4.31 Å². The van der Waals surface area contributed by atoms with E-state index in [4.69, 9.17) is 9.47 Å². The minimum atomic E-state index is -3.64. The monoisotopic (exact) mass is 446 g/mol. The molecular formula is C23H30N2O5S. The predicted molar refractivity (Wildman–Crippen MR) is 120 cm³/mol. The SMILES string of the molecule is COc1ccc(S(=O)(=O)N2CCCCCC2)cc1NC(=O)COc1ccc(C)cc1C. The Morgan fingerprint density at radius 3 is 2.32 bits per heavy atom. The van der Waals surface area contributed by atoms with Gasteiger partial charge in [0.1, 0.15) is 11.5 Å².